The number of nitrogens with one attached hydrogen (secondary N) is 1. The van der Waals surface area contributed by atoms with Gasteiger partial charge in [0.1, 0.15) is 47.1 Å². The van der Waals surface area contributed by atoms with E-state index >= 15 is 0 Å². The molecule has 2 heterocycles. The fraction of sp³-hybridized carbons (Fsp3) is 0.100. The van der Waals surface area contributed by atoms with Gasteiger partial charge in [0.25, 0.3) is 0 Å². The lowest BCUT2D eigenvalue weighted by molar-refractivity contribution is 0.625. The molecule has 7 nitrogen and oxygen atoms in total. The number of halogens is 2. The van der Waals surface area contributed by atoms with Gasteiger partial charge in [-0.3, -0.25) is 4.57 Å². The predicted octanol–water partition coefficient (Wildman–Crippen LogP) is 3.72. The van der Waals surface area contributed by atoms with Crippen molar-refractivity contribution in [2.45, 2.75) is 13.0 Å². The Labute approximate surface area is 164 Å². The molecule has 144 valence electrons. The molecule has 0 saturated heterocycles. The van der Waals surface area contributed by atoms with Crippen LogP contribution in [0, 0.1) is 23.0 Å². The van der Waals surface area contributed by atoms with Crippen LogP contribution >= 0.6 is 0 Å². The Morgan fingerprint density at radius 1 is 1.14 bits per heavy atom. The Balaban J connectivity index is 1.87. The minimum Gasteiger partial charge on any atom is -0.382 e. The van der Waals surface area contributed by atoms with Crippen LogP contribution in [0.5, 0.6) is 0 Å². The van der Waals surface area contributed by atoms with E-state index in [1.807, 2.05) is 6.07 Å². The molecule has 4 aromatic rings. The highest BCUT2D eigenvalue weighted by Gasteiger charge is 2.21. The summed E-state index contributed by atoms with van der Waals surface area (Å²) in [5, 5.41) is 12.4. The SMILES string of the molecule is C[C@@H](Nc1ncnc(N)c1C#N)c1nc2ccc(F)cc2n1-c1cccc(F)c1. The smallest absolute Gasteiger partial charge is 0.150 e. The van der Waals surface area contributed by atoms with E-state index in [4.69, 9.17) is 5.73 Å². The van der Waals surface area contributed by atoms with E-state index in [0.717, 1.165) is 0 Å². The zero-order valence-corrected chi connectivity index (χ0v) is 15.3. The molecule has 2 aromatic heterocycles. The van der Waals surface area contributed by atoms with Gasteiger partial charge in [0.15, 0.2) is 0 Å². The largest absolute Gasteiger partial charge is 0.382 e. The van der Waals surface area contributed by atoms with Gasteiger partial charge >= 0.3 is 0 Å². The molecule has 0 fully saturated rings. The number of anilines is 2. The number of benzene rings is 2. The van der Waals surface area contributed by atoms with E-state index < -0.39 is 17.7 Å². The van der Waals surface area contributed by atoms with E-state index in [2.05, 4.69) is 20.3 Å². The second-order valence-electron chi connectivity index (χ2n) is 6.38. The van der Waals surface area contributed by atoms with Crippen molar-refractivity contribution in [1.82, 2.24) is 19.5 Å². The van der Waals surface area contributed by atoms with Crippen molar-refractivity contribution in [2.75, 3.05) is 11.1 Å². The third-order valence-corrected chi connectivity index (χ3v) is 4.44. The second-order valence-corrected chi connectivity index (χ2v) is 6.38. The first-order chi connectivity index (χ1) is 14.0. The van der Waals surface area contributed by atoms with E-state index in [1.165, 1.54) is 30.6 Å². The van der Waals surface area contributed by atoms with Crippen molar-refractivity contribution in [2.24, 2.45) is 0 Å². The third-order valence-electron chi connectivity index (χ3n) is 4.44. The summed E-state index contributed by atoms with van der Waals surface area (Å²) in [6.07, 6.45) is 1.25. The summed E-state index contributed by atoms with van der Waals surface area (Å²) >= 11 is 0. The summed E-state index contributed by atoms with van der Waals surface area (Å²) in [4.78, 5) is 12.5. The molecular weight excluding hydrogens is 376 g/mol. The first-order valence-electron chi connectivity index (χ1n) is 8.69. The highest BCUT2D eigenvalue weighted by atomic mass is 19.1. The minimum atomic E-state index is -0.477. The summed E-state index contributed by atoms with van der Waals surface area (Å²) in [6, 6.07) is 11.6. The number of hydrogen-bond donors (Lipinski definition) is 2. The zero-order chi connectivity index (χ0) is 20.5. The summed E-state index contributed by atoms with van der Waals surface area (Å²) in [5.74, 6) is -0.0769. The number of nitrogens with two attached hydrogens (primary N) is 1. The van der Waals surface area contributed by atoms with Crippen molar-refractivity contribution in [3.63, 3.8) is 0 Å². The van der Waals surface area contributed by atoms with E-state index in [-0.39, 0.29) is 17.2 Å². The van der Waals surface area contributed by atoms with Gasteiger partial charge in [0.2, 0.25) is 0 Å². The molecule has 0 bridgehead atoms. The van der Waals surface area contributed by atoms with Crippen LogP contribution in [0.2, 0.25) is 0 Å². The van der Waals surface area contributed by atoms with Gasteiger partial charge in [0, 0.05) is 6.07 Å². The van der Waals surface area contributed by atoms with Crippen LogP contribution in [0.15, 0.2) is 48.8 Å². The molecule has 29 heavy (non-hydrogen) atoms. The minimum absolute atomic E-state index is 0.0536. The first-order valence-corrected chi connectivity index (χ1v) is 8.69. The summed E-state index contributed by atoms with van der Waals surface area (Å²) in [5.41, 5.74) is 7.38. The fourth-order valence-electron chi connectivity index (χ4n) is 3.13. The first kappa shape index (κ1) is 18.3. The molecule has 0 spiro atoms. The molecule has 0 radical (unpaired) electrons. The highest BCUT2D eigenvalue weighted by molar-refractivity contribution is 5.78. The van der Waals surface area contributed by atoms with Gasteiger partial charge in [-0.1, -0.05) is 6.07 Å². The molecule has 2 aromatic carbocycles. The molecule has 9 heteroatoms. The van der Waals surface area contributed by atoms with Gasteiger partial charge in [-0.25, -0.2) is 23.7 Å². The number of rotatable bonds is 4. The predicted molar refractivity (Wildman–Crippen MR) is 104 cm³/mol. The van der Waals surface area contributed by atoms with Gasteiger partial charge < -0.3 is 11.1 Å². The monoisotopic (exact) mass is 391 g/mol. The van der Waals surface area contributed by atoms with E-state index in [1.54, 1.807) is 29.7 Å². The van der Waals surface area contributed by atoms with Crippen molar-refractivity contribution in [3.05, 3.63) is 71.8 Å². The molecule has 0 unspecified atom stereocenters. The molecule has 4 rings (SSSR count). The average Bonchev–Trinajstić information content (AvgIpc) is 3.07. The Morgan fingerprint density at radius 3 is 2.69 bits per heavy atom. The van der Waals surface area contributed by atoms with Gasteiger partial charge in [-0.2, -0.15) is 5.26 Å². The third kappa shape index (κ3) is 3.32. The van der Waals surface area contributed by atoms with Gasteiger partial charge in [-0.15, -0.1) is 0 Å². The molecule has 1 atom stereocenters. The Hall–Kier alpha value is -4.06. The molecular formula is C20H15F2N7. The van der Waals surface area contributed by atoms with Crippen LogP contribution in [0.4, 0.5) is 20.4 Å². The van der Waals surface area contributed by atoms with Crippen molar-refractivity contribution < 1.29 is 8.78 Å². The zero-order valence-electron chi connectivity index (χ0n) is 15.3. The Bertz CT molecular complexity index is 1260. The number of aromatic nitrogens is 4. The number of hydrogen-bond acceptors (Lipinski definition) is 6. The van der Waals surface area contributed by atoms with Crippen LogP contribution in [0.1, 0.15) is 24.4 Å². The van der Waals surface area contributed by atoms with Crippen LogP contribution in [0.25, 0.3) is 16.7 Å². The molecule has 0 saturated carbocycles. The van der Waals surface area contributed by atoms with E-state index in [0.29, 0.717) is 22.5 Å². The van der Waals surface area contributed by atoms with Crippen molar-refractivity contribution >= 4 is 22.7 Å². The summed E-state index contributed by atoms with van der Waals surface area (Å²) in [7, 11) is 0. The summed E-state index contributed by atoms with van der Waals surface area (Å²) in [6.45, 7) is 1.80. The lowest BCUT2D eigenvalue weighted by Gasteiger charge is -2.17. The Kier molecular flexibility index (Phi) is 4.52. The maximum Gasteiger partial charge on any atom is 0.150 e. The second kappa shape index (κ2) is 7.16. The molecule has 0 amide bonds. The van der Waals surface area contributed by atoms with Crippen molar-refractivity contribution in [3.8, 4) is 11.8 Å². The maximum atomic E-state index is 13.9. The average molecular weight is 391 g/mol. The summed E-state index contributed by atoms with van der Waals surface area (Å²) < 4.78 is 29.4. The van der Waals surface area contributed by atoms with Crippen LogP contribution in [0.3, 0.4) is 0 Å². The van der Waals surface area contributed by atoms with Gasteiger partial charge in [-0.05, 0) is 37.3 Å². The van der Waals surface area contributed by atoms with Gasteiger partial charge in [0.05, 0.1) is 22.8 Å². The fourth-order valence-corrected chi connectivity index (χ4v) is 3.13. The van der Waals surface area contributed by atoms with Crippen LogP contribution < -0.4 is 11.1 Å². The Morgan fingerprint density at radius 2 is 1.93 bits per heavy atom. The number of nitrogens with zero attached hydrogens (tertiary/aromatic N) is 5. The van der Waals surface area contributed by atoms with Crippen LogP contribution in [-0.4, -0.2) is 19.5 Å². The molecule has 0 aliphatic heterocycles. The molecule has 0 aliphatic rings. The van der Waals surface area contributed by atoms with E-state index in [9.17, 15) is 14.0 Å². The number of nitrogen functional groups attached to an aromatic ring is 1. The van der Waals surface area contributed by atoms with Crippen LogP contribution in [-0.2, 0) is 0 Å². The highest BCUT2D eigenvalue weighted by Crippen LogP contribution is 2.29. The maximum absolute atomic E-state index is 13.9. The lowest BCUT2D eigenvalue weighted by atomic mass is 10.2. The standard InChI is InChI=1S/C20H15F2N7/c1-11(27-19-15(9-23)18(24)25-10-26-19)20-28-16-6-5-13(22)8-17(16)29(20)14-4-2-3-12(21)7-14/h2-8,10-11H,1H3,(H3,24,25,26,27)/t11-/m1/s1. The quantitative estimate of drug-likeness (QED) is 0.549. The number of imidazole rings is 1. The lowest BCUT2D eigenvalue weighted by Crippen LogP contribution is -2.15. The van der Waals surface area contributed by atoms with Crippen molar-refractivity contribution in [1.29, 1.82) is 5.26 Å². The normalized spacial score (nSPS) is 11.9. The molecule has 0 aliphatic carbocycles. The topological polar surface area (TPSA) is 105 Å². The molecule has 3 N–H and O–H groups in total. The number of nitriles is 1. The number of fused-ring (bicyclic) bond motifs is 1.